The molecule has 2 N–H and O–H groups in total. The van der Waals surface area contributed by atoms with Crippen LogP contribution < -0.4 is 24.4 Å². The van der Waals surface area contributed by atoms with E-state index in [-0.39, 0.29) is 6.54 Å². The summed E-state index contributed by atoms with van der Waals surface area (Å²) in [7, 11) is 1.56. The summed E-state index contributed by atoms with van der Waals surface area (Å²) in [5.41, 5.74) is 0.295. The maximum Gasteiger partial charge on any atom is 0.322 e. The highest BCUT2D eigenvalue weighted by atomic mass is 32.2. The van der Waals surface area contributed by atoms with E-state index in [1.54, 1.807) is 49.6 Å². The normalized spacial score (nSPS) is 17.0. The number of carbonyl (C=O) groups excluding carboxylic acids is 2. The zero-order chi connectivity index (χ0) is 19.4. The first kappa shape index (κ1) is 18.7. The van der Waals surface area contributed by atoms with Crippen LogP contribution in [-0.4, -0.2) is 40.4 Å². The molecule has 2 unspecified atom stereocenters. The molecule has 0 aromatic heterocycles. The van der Waals surface area contributed by atoms with Gasteiger partial charge in [0.15, 0.2) is 0 Å². The minimum absolute atomic E-state index is 0.236. The summed E-state index contributed by atoms with van der Waals surface area (Å²) in [6, 6.07) is 11.7. The fourth-order valence-corrected chi connectivity index (χ4v) is 3.04. The smallest absolute Gasteiger partial charge is 0.322 e. The molecule has 1 aliphatic rings. The monoisotopic (exact) mass is 390 g/mol. The molecule has 10 heteroatoms. The number of anilines is 1. The molecule has 2 aromatic carbocycles. The van der Waals surface area contributed by atoms with Crippen molar-refractivity contribution in [3.8, 4) is 17.2 Å². The standard InChI is InChI=1S/C17H17N3O6S/c1-25-12-5-7-13(8-6-12)26-14-4-2-3-11(9-14)20(27(23)24)10-15-16(21)19-17(22)18-15/h2-9,15H,10H2,1H3,(H,23,24)(H2,18,19,21,22)/p-1. The molecule has 0 aliphatic carbocycles. The van der Waals surface area contributed by atoms with Crippen LogP contribution in [0.15, 0.2) is 48.5 Å². The van der Waals surface area contributed by atoms with Gasteiger partial charge < -0.3 is 19.3 Å². The molecule has 2 atom stereocenters. The summed E-state index contributed by atoms with van der Waals surface area (Å²) >= 11 is -2.66. The topological polar surface area (TPSA) is 120 Å². The molecule has 27 heavy (non-hydrogen) atoms. The highest BCUT2D eigenvalue weighted by Crippen LogP contribution is 2.28. The number of benzene rings is 2. The summed E-state index contributed by atoms with van der Waals surface area (Å²) in [5.74, 6) is 1.06. The lowest BCUT2D eigenvalue weighted by molar-refractivity contribution is -0.119. The molecule has 2 aromatic rings. The van der Waals surface area contributed by atoms with Crippen molar-refractivity contribution >= 4 is 28.9 Å². The largest absolute Gasteiger partial charge is 0.755 e. The molecule has 0 spiro atoms. The van der Waals surface area contributed by atoms with Crippen LogP contribution in [0.4, 0.5) is 10.5 Å². The molecule has 0 radical (unpaired) electrons. The summed E-state index contributed by atoms with van der Waals surface area (Å²) < 4.78 is 35.1. The van der Waals surface area contributed by atoms with E-state index < -0.39 is 29.2 Å². The van der Waals surface area contributed by atoms with Gasteiger partial charge in [0.25, 0.3) is 5.91 Å². The van der Waals surface area contributed by atoms with Crippen LogP contribution in [0.1, 0.15) is 0 Å². The van der Waals surface area contributed by atoms with Gasteiger partial charge in [-0.25, -0.2) is 4.79 Å². The Morgan fingerprint density at radius 2 is 1.81 bits per heavy atom. The lowest BCUT2D eigenvalue weighted by atomic mass is 10.2. The highest BCUT2D eigenvalue weighted by Gasteiger charge is 2.31. The zero-order valence-electron chi connectivity index (χ0n) is 14.2. The van der Waals surface area contributed by atoms with Gasteiger partial charge in [0.2, 0.25) is 0 Å². The van der Waals surface area contributed by atoms with Gasteiger partial charge in [0.1, 0.15) is 23.3 Å². The van der Waals surface area contributed by atoms with E-state index in [4.69, 9.17) is 9.47 Å². The number of hydrogen-bond acceptors (Lipinski definition) is 6. The predicted octanol–water partition coefficient (Wildman–Crippen LogP) is 1.30. The van der Waals surface area contributed by atoms with E-state index in [0.29, 0.717) is 22.9 Å². The highest BCUT2D eigenvalue weighted by molar-refractivity contribution is 7.80. The average molecular weight is 390 g/mol. The third kappa shape index (κ3) is 4.54. The van der Waals surface area contributed by atoms with Crippen molar-refractivity contribution in [2.45, 2.75) is 6.04 Å². The van der Waals surface area contributed by atoms with Crippen LogP contribution in [0.25, 0.3) is 0 Å². The first-order chi connectivity index (χ1) is 13.0. The number of nitrogens with one attached hydrogen (secondary N) is 2. The van der Waals surface area contributed by atoms with Crippen molar-refractivity contribution < 1.29 is 27.8 Å². The summed E-state index contributed by atoms with van der Waals surface area (Å²) in [6.07, 6.45) is 0. The van der Waals surface area contributed by atoms with Crippen LogP contribution >= 0.6 is 0 Å². The van der Waals surface area contributed by atoms with Crippen molar-refractivity contribution in [2.75, 3.05) is 18.0 Å². The Balaban J connectivity index is 1.77. The molecule has 0 bridgehead atoms. The average Bonchev–Trinajstić information content (AvgIpc) is 2.97. The van der Waals surface area contributed by atoms with E-state index in [0.717, 1.165) is 4.31 Å². The third-order valence-corrected chi connectivity index (χ3v) is 4.51. The second-order valence-corrected chi connectivity index (χ2v) is 6.44. The first-order valence-corrected chi connectivity index (χ1v) is 8.89. The number of nitrogens with zero attached hydrogens (tertiary/aromatic N) is 1. The fraction of sp³-hybridized carbons (Fsp3) is 0.176. The molecule has 1 fully saturated rings. The molecule has 3 rings (SSSR count). The van der Waals surface area contributed by atoms with Gasteiger partial charge in [-0.3, -0.25) is 18.6 Å². The van der Waals surface area contributed by atoms with Crippen LogP contribution in [0.5, 0.6) is 17.2 Å². The lowest BCUT2D eigenvalue weighted by Crippen LogP contribution is -2.42. The predicted molar refractivity (Wildman–Crippen MR) is 96.2 cm³/mol. The quantitative estimate of drug-likeness (QED) is 0.543. The van der Waals surface area contributed by atoms with Gasteiger partial charge in [0, 0.05) is 17.3 Å². The maximum absolute atomic E-state index is 11.7. The third-order valence-electron chi connectivity index (χ3n) is 3.79. The molecule has 0 saturated carbocycles. The number of urea groups is 1. The summed E-state index contributed by atoms with van der Waals surface area (Å²) in [6.45, 7) is -0.236. The molecule has 1 saturated heterocycles. The Labute approximate surface area is 157 Å². The summed E-state index contributed by atoms with van der Waals surface area (Å²) in [4.78, 5) is 22.9. The van der Waals surface area contributed by atoms with E-state index in [1.165, 1.54) is 6.07 Å². The maximum atomic E-state index is 11.7. The van der Waals surface area contributed by atoms with E-state index >= 15 is 0 Å². The Hall–Kier alpha value is -3.11. The molecule has 9 nitrogen and oxygen atoms in total. The van der Waals surface area contributed by atoms with Crippen LogP contribution in [0.3, 0.4) is 0 Å². The Morgan fingerprint density at radius 3 is 2.41 bits per heavy atom. The Bertz CT molecular complexity index is 873. The molecular weight excluding hydrogens is 374 g/mol. The Morgan fingerprint density at radius 1 is 1.11 bits per heavy atom. The van der Waals surface area contributed by atoms with Crippen molar-refractivity contribution in [1.29, 1.82) is 0 Å². The van der Waals surface area contributed by atoms with Gasteiger partial charge in [-0.2, -0.15) is 0 Å². The number of imide groups is 1. The van der Waals surface area contributed by atoms with Crippen molar-refractivity contribution in [2.24, 2.45) is 0 Å². The zero-order valence-corrected chi connectivity index (χ0v) is 15.0. The number of amides is 3. The minimum atomic E-state index is -2.66. The van der Waals surface area contributed by atoms with E-state index in [1.807, 2.05) is 0 Å². The van der Waals surface area contributed by atoms with E-state index in [9.17, 15) is 18.4 Å². The molecular formula is C17H16N3O6S-. The van der Waals surface area contributed by atoms with Gasteiger partial charge in [-0.1, -0.05) is 6.07 Å². The molecule has 3 amide bonds. The van der Waals surface area contributed by atoms with Crippen LogP contribution in [0, 0.1) is 0 Å². The van der Waals surface area contributed by atoms with Gasteiger partial charge in [-0.05, 0) is 36.4 Å². The second kappa shape index (κ2) is 8.06. The number of rotatable bonds is 7. The number of carbonyl (C=O) groups is 2. The lowest BCUT2D eigenvalue weighted by Gasteiger charge is -2.28. The first-order valence-electron chi connectivity index (χ1n) is 7.86. The van der Waals surface area contributed by atoms with Crippen molar-refractivity contribution in [3.05, 3.63) is 48.5 Å². The van der Waals surface area contributed by atoms with Crippen molar-refractivity contribution in [3.63, 3.8) is 0 Å². The van der Waals surface area contributed by atoms with Crippen LogP contribution in [0.2, 0.25) is 0 Å². The molecule has 142 valence electrons. The molecule has 1 heterocycles. The number of methoxy groups -OCH3 is 1. The number of ether oxygens (including phenoxy) is 2. The minimum Gasteiger partial charge on any atom is -0.755 e. The van der Waals surface area contributed by atoms with Crippen LogP contribution in [-0.2, 0) is 16.1 Å². The van der Waals surface area contributed by atoms with Crippen molar-refractivity contribution in [1.82, 2.24) is 10.6 Å². The SMILES string of the molecule is COc1ccc(Oc2cccc(N(CC3NC(=O)NC3=O)S(=O)[O-])c2)cc1. The van der Waals surface area contributed by atoms with E-state index in [2.05, 4.69) is 10.6 Å². The number of hydrogen-bond donors (Lipinski definition) is 2. The van der Waals surface area contributed by atoms with Gasteiger partial charge in [-0.15, -0.1) is 0 Å². The second-order valence-electron chi connectivity index (χ2n) is 5.57. The Kier molecular flexibility index (Phi) is 5.57. The molecule has 1 aliphatic heterocycles. The van der Waals surface area contributed by atoms with Gasteiger partial charge in [0.05, 0.1) is 19.3 Å². The fourth-order valence-electron chi connectivity index (χ4n) is 2.49. The van der Waals surface area contributed by atoms with Gasteiger partial charge >= 0.3 is 6.03 Å². The summed E-state index contributed by atoms with van der Waals surface area (Å²) in [5, 5.41) is 4.43.